The van der Waals surface area contributed by atoms with Gasteiger partial charge in [-0.1, -0.05) is 96.2 Å². The summed E-state index contributed by atoms with van der Waals surface area (Å²) in [6, 6.07) is 28.4. The van der Waals surface area contributed by atoms with Crippen LogP contribution < -0.4 is 5.32 Å². The van der Waals surface area contributed by atoms with Crippen LogP contribution in [0.1, 0.15) is 43.2 Å². The standard InChI is InChI=1S/C29H27N3O5S/c1-28(2,3)36-27(35)31-26-30-23(19-38-26)24(25(33)34)32-37-29(20-13-7-4-8-14-20,21-15-9-5-10-16-21)22-17-11-6-12-18-22/h4-19H,1-3H3,(H,33,34)(H,30,31,35)/b32-24+. The van der Waals surface area contributed by atoms with Gasteiger partial charge in [-0.05, 0) is 20.8 Å². The predicted octanol–water partition coefficient (Wildman–Crippen LogP) is 6.29. The Morgan fingerprint density at radius 2 is 1.32 bits per heavy atom. The number of amides is 1. The molecule has 4 aromatic rings. The third-order valence-corrected chi connectivity index (χ3v) is 6.13. The molecule has 0 saturated carbocycles. The molecule has 2 N–H and O–H groups in total. The van der Waals surface area contributed by atoms with Gasteiger partial charge in [-0.3, -0.25) is 5.32 Å². The zero-order valence-electron chi connectivity index (χ0n) is 21.1. The van der Waals surface area contributed by atoms with Gasteiger partial charge in [-0.2, -0.15) is 0 Å². The maximum atomic E-state index is 12.3. The summed E-state index contributed by atoms with van der Waals surface area (Å²) >= 11 is 1.05. The highest BCUT2D eigenvalue weighted by Gasteiger charge is 2.40. The van der Waals surface area contributed by atoms with Gasteiger partial charge in [-0.25, -0.2) is 14.6 Å². The van der Waals surface area contributed by atoms with Crippen molar-refractivity contribution in [1.82, 2.24) is 4.98 Å². The van der Waals surface area contributed by atoms with Gasteiger partial charge in [0.05, 0.1) is 0 Å². The number of thiazole rings is 1. The van der Waals surface area contributed by atoms with Crippen molar-refractivity contribution >= 4 is 34.2 Å². The number of aromatic nitrogens is 1. The average molecular weight is 530 g/mol. The molecule has 4 rings (SSSR count). The number of ether oxygens (including phenoxy) is 1. The van der Waals surface area contributed by atoms with Crippen molar-refractivity contribution in [2.45, 2.75) is 32.0 Å². The van der Waals surface area contributed by atoms with Crippen LogP contribution in [0.3, 0.4) is 0 Å². The van der Waals surface area contributed by atoms with E-state index in [1.165, 1.54) is 5.38 Å². The SMILES string of the molecule is CC(C)(C)OC(=O)Nc1nc(/C(=N\OC(c2ccccc2)(c2ccccc2)c2ccccc2)C(=O)O)cs1. The van der Waals surface area contributed by atoms with Gasteiger partial charge in [0, 0.05) is 22.1 Å². The maximum Gasteiger partial charge on any atom is 0.413 e. The minimum atomic E-state index is -1.33. The normalized spacial score (nSPS) is 12.0. The van der Waals surface area contributed by atoms with Crippen LogP contribution in [0, 0.1) is 0 Å². The molecule has 0 atom stereocenters. The molecule has 3 aromatic carbocycles. The van der Waals surface area contributed by atoms with Crippen LogP contribution in [0.25, 0.3) is 0 Å². The van der Waals surface area contributed by atoms with Crippen LogP contribution in [-0.2, 0) is 20.0 Å². The first-order valence-corrected chi connectivity index (χ1v) is 12.7. The topological polar surface area (TPSA) is 110 Å². The molecular weight excluding hydrogens is 502 g/mol. The van der Waals surface area contributed by atoms with E-state index >= 15 is 0 Å². The van der Waals surface area contributed by atoms with Gasteiger partial charge in [0.2, 0.25) is 11.3 Å². The largest absolute Gasteiger partial charge is 0.476 e. The van der Waals surface area contributed by atoms with Crippen molar-refractivity contribution in [1.29, 1.82) is 0 Å². The number of nitrogens with one attached hydrogen (secondary N) is 1. The summed E-state index contributed by atoms with van der Waals surface area (Å²) in [6.07, 6.45) is -0.695. The first-order chi connectivity index (χ1) is 18.2. The molecular formula is C29H27N3O5S. The second kappa shape index (κ2) is 11.3. The third kappa shape index (κ3) is 6.07. The van der Waals surface area contributed by atoms with E-state index in [0.29, 0.717) is 0 Å². The quantitative estimate of drug-likeness (QED) is 0.158. The fourth-order valence-electron chi connectivity index (χ4n) is 3.82. The van der Waals surface area contributed by atoms with Crippen molar-refractivity contribution in [3.63, 3.8) is 0 Å². The number of carbonyl (C=O) groups excluding carboxylic acids is 1. The Bertz CT molecular complexity index is 1320. The van der Waals surface area contributed by atoms with Crippen molar-refractivity contribution < 1.29 is 24.3 Å². The van der Waals surface area contributed by atoms with Gasteiger partial charge in [0.25, 0.3) is 0 Å². The Labute approximate surface area is 224 Å². The Morgan fingerprint density at radius 3 is 1.74 bits per heavy atom. The Morgan fingerprint density at radius 1 is 0.842 bits per heavy atom. The average Bonchev–Trinajstić information content (AvgIpc) is 3.34. The van der Waals surface area contributed by atoms with Crippen molar-refractivity contribution in [2.24, 2.45) is 5.16 Å². The number of rotatable bonds is 8. The van der Waals surface area contributed by atoms with E-state index in [1.807, 2.05) is 91.0 Å². The molecule has 0 unspecified atom stereocenters. The number of carboxylic acid groups (broad SMARTS) is 1. The number of carboxylic acids is 1. The Kier molecular flexibility index (Phi) is 7.87. The highest BCUT2D eigenvalue weighted by atomic mass is 32.1. The number of anilines is 1. The summed E-state index contributed by atoms with van der Waals surface area (Å²) in [5, 5.41) is 18.4. The highest BCUT2D eigenvalue weighted by molar-refractivity contribution is 7.14. The lowest BCUT2D eigenvalue weighted by atomic mass is 9.80. The van der Waals surface area contributed by atoms with Crippen LogP contribution in [0.5, 0.6) is 0 Å². The second-order valence-corrected chi connectivity index (χ2v) is 10.1. The van der Waals surface area contributed by atoms with Crippen LogP contribution in [0.15, 0.2) is 102 Å². The van der Waals surface area contributed by atoms with Crippen LogP contribution in [0.4, 0.5) is 9.93 Å². The molecule has 38 heavy (non-hydrogen) atoms. The fraction of sp³-hybridized carbons (Fsp3) is 0.172. The van der Waals surface area contributed by atoms with E-state index in [4.69, 9.17) is 9.57 Å². The van der Waals surface area contributed by atoms with Gasteiger partial charge in [-0.15, -0.1) is 11.3 Å². The summed E-state index contributed by atoms with van der Waals surface area (Å²) in [5.41, 5.74) is -0.0361. The summed E-state index contributed by atoms with van der Waals surface area (Å²) in [5.74, 6) is -1.33. The zero-order chi connectivity index (χ0) is 27.2. The monoisotopic (exact) mass is 529 g/mol. The molecule has 8 nitrogen and oxygen atoms in total. The summed E-state index contributed by atoms with van der Waals surface area (Å²) in [7, 11) is 0. The molecule has 0 radical (unpaired) electrons. The Hall–Kier alpha value is -4.50. The molecule has 0 aliphatic rings. The molecule has 0 fully saturated rings. The van der Waals surface area contributed by atoms with Gasteiger partial charge in [0.15, 0.2) is 5.13 Å². The smallest absolute Gasteiger partial charge is 0.413 e. The molecule has 0 bridgehead atoms. The maximum absolute atomic E-state index is 12.3. The van der Waals surface area contributed by atoms with E-state index in [-0.39, 0.29) is 10.8 Å². The summed E-state index contributed by atoms with van der Waals surface area (Å²) in [4.78, 5) is 34.9. The molecule has 9 heteroatoms. The van der Waals surface area contributed by atoms with Crippen LogP contribution >= 0.6 is 11.3 Å². The molecule has 1 heterocycles. The van der Waals surface area contributed by atoms with E-state index in [9.17, 15) is 14.7 Å². The van der Waals surface area contributed by atoms with Crippen molar-refractivity contribution in [3.05, 3.63) is 119 Å². The van der Waals surface area contributed by atoms with Gasteiger partial charge < -0.3 is 14.7 Å². The lowest BCUT2D eigenvalue weighted by Gasteiger charge is -2.33. The number of aliphatic carboxylic acids is 1. The molecule has 0 saturated heterocycles. The van der Waals surface area contributed by atoms with E-state index in [1.54, 1.807) is 20.8 Å². The number of oxime groups is 1. The lowest BCUT2D eigenvalue weighted by molar-refractivity contribution is -0.129. The molecule has 194 valence electrons. The summed E-state index contributed by atoms with van der Waals surface area (Å²) in [6.45, 7) is 5.22. The predicted molar refractivity (Wildman–Crippen MR) is 146 cm³/mol. The first kappa shape index (κ1) is 26.6. The highest BCUT2D eigenvalue weighted by Crippen LogP contribution is 2.40. The minimum absolute atomic E-state index is 0.0386. The molecule has 1 amide bonds. The first-order valence-electron chi connectivity index (χ1n) is 11.8. The molecule has 0 aliphatic heterocycles. The third-order valence-electron chi connectivity index (χ3n) is 5.37. The number of hydrogen-bond donors (Lipinski definition) is 2. The van der Waals surface area contributed by atoms with E-state index in [0.717, 1.165) is 28.0 Å². The number of carbonyl (C=O) groups is 2. The van der Waals surface area contributed by atoms with Crippen molar-refractivity contribution in [2.75, 3.05) is 5.32 Å². The van der Waals surface area contributed by atoms with Crippen LogP contribution in [-0.4, -0.2) is 33.5 Å². The van der Waals surface area contributed by atoms with E-state index in [2.05, 4.69) is 15.5 Å². The number of hydrogen-bond acceptors (Lipinski definition) is 7. The number of nitrogens with zero attached hydrogens (tertiary/aromatic N) is 2. The van der Waals surface area contributed by atoms with Crippen molar-refractivity contribution in [3.8, 4) is 0 Å². The summed E-state index contributed by atoms with van der Waals surface area (Å²) < 4.78 is 5.24. The Balaban J connectivity index is 1.77. The lowest BCUT2D eigenvalue weighted by Crippen LogP contribution is -2.32. The zero-order valence-corrected chi connectivity index (χ0v) is 21.9. The van der Waals surface area contributed by atoms with Gasteiger partial charge >= 0.3 is 12.1 Å². The van der Waals surface area contributed by atoms with E-state index < -0.39 is 29.0 Å². The molecule has 0 aliphatic carbocycles. The number of benzene rings is 3. The molecule has 0 spiro atoms. The second-order valence-electron chi connectivity index (χ2n) is 9.28. The fourth-order valence-corrected chi connectivity index (χ4v) is 4.50. The van der Waals surface area contributed by atoms with Gasteiger partial charge in [0.1, 0.15) is 11.3 Å². The molecule has 1 aromatic heterocycles. The van der Waals surface area contributed by atoms with Crippen LogP contribution in [0.2, 0.25) is 0 Å². The minimum Gasteiger partial charge on any atom is -0.476 e.